The minimum Gasteiger partial charge on any atom is -0.378 e. The van der Waals surface area contributed by atoms with Crippen LogP contribution in [0.5, 0.6) is 0 Å². The van der Waals surface area contributed by atoms with Gasteiger partial charge in [-0.2, -0.15) is 0 Å². The first kappa shape index (κ1) is 21.5. The first-order chi connectivity index (χ1) is 13.5. The highest BCUT2D eigenvalue weighted by molar-refractivity contribution is 7.99. The van der Waals surface area contributed by atoms with Gasteiger partial charge >= 0.3 is 0 Å². The van der Waals surface area contributed by atoms with E-state index in [1.54, 1.807) is 18.2 Å². The van der Waals surface area contributed by atoms with Gasteiger partial charge in [0.05, 0.1) is 19.0 Å². The number of carbonyl (C=O) groups is 1. The van der Waals surface area contributed by atoms with Gasteiger partial charge in [-0.05, 0) is 24.1 Å². The molecule has 150 valence electrons. The van der Waals surface area contributed by atoms with Gasteiger partial charge < -0.3 is 15.0 Å². The van der Waals surface area contributed by atoms with E-state index < -0.39 is 0 Å². The molecule has 3 rings (SSSR count). The third-order valence-electron chi connectivity index (χ3n) is 4.06. The van der Waals surface area contributed by atoms with E-state index >= 15 is 0 Å². The van der Waals surface area contributed by atoms with Gasteiger partial charge in [0.15, 0.2) is 5.16 Å². The average molecular weight is 462 g/mol. The van der Waals surface area contributed by atoms with Crippen molar-refractivity contribution in [2.75, 3.05) is 43.5 Å². The number of morpholine rings is 1. The van der Waals surface area contributed by atoms with Crippen LogP contribution in [0, 0.1) is 0 Å². The second-order valence-corrected chi connectivity index (χ2v) is 8.23. The molecule has 1 aromatic carbocycles. The lowest BCUT2D eigenvalue weighted by Crippen LogP contribution is -2.36. The molecular formula is C18H19Cl3N4O2S. The quantitative estimate of drug-likeness (QED) is 0.385. The average Bonchev–Trinajstić information content (AvgIpc) is 2.68. The van der Waals surface area contributed by atoms with Crippen LogP contribution in [0.1, 0.15) is 5.56 Å². The predicted octanol–water partition coefficient (Wildman–Crippen LogP) is 3.72. The molecule has 0 bridgehead atoms. The van der Waals surface area contributed by atoms with Crippen LogP contribution in [-0.4, -0.2) is 54.5 Å². The van der Waals surface area contributed by atoms with Crippen LogP contribution in [0.4, 0.5) is 5.82 Å². The van der Waals surface area contributed by atoms with Crippen LogP contribution < -0.4 is 10.2 Å². The molecule has 1 aliphatic heterocycles. The Balaban J connectivity index is 1.48. The van der Waals surface area contributed by atoms with E-state index in [1.165, 1.54) is 11.8 Å². The molecule has 0 atom stereocenters. The van der Waals surface area contributed by atoms with Crippen molar-refractivity contribution in [2.45, 2.75) is 11.6 Å². The Kier molecular flexibility index (Phi) is 8.05. The summed E-state index contributed by atoms with van der Waals surface area (Å²) in [7, 11) is 0. The minimum absolute atomic E-state index is 0.105. The number of carbonyl (C=O) groups excluding carboxylic acids is 1. The number of anilines is 1. The van der Waals surface area contributed by atoms with Crippen LogP contribution in [0.2, 0.25) is 15.2 Å². The van der Waals surface area contributed by atoms with E-state index in [0.717, 1.165) is 24.5 Å². The van der Waals surface area contributed by atoms with E-state index in [4.69, 9.17) is 39.5 Å². The molecule has 2 heterocycles. The van der Waals surface area contributed by atoms with Crippen molar-refractivity contribution in [3.8, 4) is 0 Å². The summed E-state index contributed by atoms with van der Waals surface area (Å²) in [5.41, 5.74) is 0.937. The second kappa shape index (κ2) is 10.5. The standard InChI is InChI=1S/C18H19Cl3N4O2S/c19-13-2-1-12(14(20)9-13)3-4-22-17(26)11-28-18-23-15(21)10-16(24-18)25-5-7-27-8-6-25/h1-2,9-10H,3-8,11H2,(H,22,26). The van der Waals surface area contributed by atoms with Crippen molar-refractivity contribution < 1.29 is 9.53 Å². The Morgan fingerprint density at radius 1 is 1.18 bits per heavy atom. The molecule has 10 heteroatoms. The zero-order valence-corrected chi connectivity index (χ0v) is 18.0. The zero-order valence-electron chi connectivity index (χ0n) is 15.0. The fraction of sp³-hybridized carbons (Fsp3) is 0.389. The fourth-order valence-electron chi connectivity index (χ4n) is 2.65. The number of amides is 1. The van der Waals surface area contributed by atoms with Gasteiger partial charge in [-0.15, -0.1) is 0 Å². The van der Waals surface area contributed by atoms with Crippen LogP contribution in [0.15, 0.2) is 29.4 Å². The third-order valence-corrected chi connectivity index (χ3v) is 5.69. The van der Waals surface area contributed by atoms with E-state index in [2.05, 4.69) is 20.2 Å². The molecular weight excluding hydrogens is 443 g/mol. The van der Waals surface area contributed by atoms with Crippen LogP contribution in [0.3, 0.4) is 0 Å². The maximum atomic E-state index is 12.1. The van der Waals surface area contributed by atoms with Gasteiger partial charge in [-0.3, -0.25) is 4.79 Å². The fourth-order valence-corrected chi connectivity index (χ4v) is 4.06. The molecule has 1 amide bonds. The summed E-state index contributed by atoms with van der Waals surface area (Å²) in [5.74, 6) is 0.854. The Morgan fingerprint density at radius 2 is 1.96 bits per heavy atom. The highest BCUT2D eigenvalue weighted by Crippen LogP contribution is 2.23. The molecule has 1 aromatic heterocycles. The van der Waals surface area contributed by atoms with Crippen molar-refractivity contribution >= 4 is 58.3 Å². The van der Waals surface area contributed by atoms with Crippen molar-refractivity contribution in [3.05, 3.63) is 45.0 Å². The number of hydrogen-bond donors (Lipinski definition) is 1. The zero-order chi connectivity index (χ0) is 19.9. The van der Waals surface area contributed by atoms with Crippen LogP contribution >= 0.6 is 46.6 Å². The smallest absolute Gasteiger partial charge is 0.230 e. The van der Waals surface area contributed by atoms with Crippen molar-refractivity contribution in [1.82, 2.24) is 15.3 Å². The number of aromatic nitrogens is 2. The predicted molar refractivity (Wildman–Crippen MR) is 114 cm³/mol. The summed E-state index contributed by atoms with van der Waals surface area (Å²) in [6.45, 7) is 3.31. The molecule has 0 unspecified atom stereocenters. The summed E-state index contributed by atoms with van der Waals surface area (Å²) in [6, 6.07) is 7.06. The van der Waals surface area contributed by atoms with E-state index in [9.17, 15) is 4.79 Å². The Labute approximate surface area is 182 Å². The lowest BCUT2D eigenvalue weighted by atomic mass is 10.1. The van der Waals surface area contributed by atoms with Crippen molar-refractivity contribution in [1.29, 1.82) is 0 Å². The topological polar surface area (TPSA) is 67.4 Å². The molecule has 0 radical (unpaired) electrons. The molecule has 2 aromatic rings. The SMILES string of the molecule is O=C(CSc1nc(Cl)cc(N2CCOCC2)n1)NCCc1ccc(Cl)cc1Cl. The lowest BCUT2D eigenvalue weighted by Gasteiger charge is -2.27. The molecule has 0 saturated carbocycles. The maximum Gasteiger partial charge on any atom is 0.230 e. The maximum absolute atomic E-state index is 12.1. The number of halogens is 3. The van der Waals surface area contributed by atoms with Crippen LogP contribution in [-0.2, 0) is 16.0 Å². The molecule has 28 heavy (non-hydrogen) atoms. The van der Waals surface area contributed by atoms with Gasteiger partial charge in [-0.25, -0.2) is 9.97 Å². The monoisotopic (exact) mass is 460 g/mol. The highest BCUT2D eigenvalue weighted by atomic mass is 35.5. The summed E-state index contributed by atoms with van der Waals surface area (Å²) in [6.07, 6.45) is 0.626. The number of benzene rings is 1. The largest absolute Gasteiger partial charge is 0.378 e. The summed E-state index contributed by atoms with van der Waals surface area (Å²) in [5, 5.41) is 4.89. The summed E-state index contributed by atoms with van der Waals surface area (Å²) < 4.78 is 5.35. The lowest BCUT2D eigenvalue weighted by molar-refractivity contribution is -0.118. The van der Waals surface area contributed by atoms with Gasteiger partial charge in [0, 0.05) is 35.7 Å². The molecule has 1 N–H and O–H groups in total. The van der Waals surface area contributed by atoms with Crippen molar-refractivity contribution in [2.24, 2.45) is 0 Å². The number of nitrogens with zero attached hydrogens (tertiary/aromatic N) is 3. The summed E-state index contributed by atoms with van der Waals surface area (Å²) >= 11 is 19.4. The molecule has 1 aliphatic rings. The number of hydrogen-bond acceptors (Lipinski definition) is 6. The molecule has 1 fully saturated rings. The number of thioether (sulfide) groups is 1. The number of rotatable bonds is 7. The van der Waals surface area contributed by atoms with Crippen LogP contribution in [0.25, 0.3) is 0 Å². The van der Waals surface area contributed by atoms with Crippen molar-refractivity contribution in [3.63, 3.8) is 0 Å². The first-order valence-corrected chi connectivity index (χ1v) is 10.8. The Bertz CT molecular complexity index is 834. The van der Waals surface area contributed by atoms with E-state index in [-0.39, 0.29) is 11.7 Å². The molecule has 6 nitrogen and oxygen atoms in total. The molecule has 0 spiro atoms. The first-order valence-electron chi connectivity index (χ1n) is 8.72. The van der Waals surface area contributed by atoms with E-state index in [0.29, 0.717) is 46.5 Å². The van der Waals surface area contributed by atoms with Gasteiger partial charge in [-0.1, -0.05) is 52.6 Å². The normalized spacial score (nSPS) is 14.2. The van der Waals surface area contributed by atoms with Gasteiger partial charge in [0.25, 0.3) is 0 Å². The van der Waals surface area contributed by atoms with Gasteiger partial charge in [0.1, 0.15) is 11.0 Å². The third kappa shape index (κ3) is 6.39. The molecule has 0 aliphatic carbocycles. The Morgan fingerprint density at radius 3 is 2.71 bits per heavy atom. The Hall–Kier alpha value is -1.25. The number of nitrogens with one attached hydrogen (secondary N) is 1. The molecule has 1 saturated heterocycles. The summed E-state index contributed by atoms with van der Waals surface area (Å²) in [4.78, 5) is 22.9. The number of ether oxygens (including phenoxy) is 1. The van der Waals surface area contributed by atoms with Gasteiger partial charge in [0.2, 0.25) is 5.91 Å². The van der Waals surface area contributed by atoms with E-state index in [1.807, 2.05) is 6.07 Å². The minimum atomic E-state index is -0.105. The second-order valence-electron chi connectivity index (χ2n) is 6.06. The highest BCUT2D eigenvalue weighted by Gasteiger charge is 2.15.